The molecule has 0 fully saturated rings. The maximum absolute atomic E-state index is 5.22. The van der Waals surface area contributed by atoms with Crippen molar-refractivity contribution in [2.45, 2.75) is 26.7 Å². The summed E-state index contributed by atoms with van der Waals surface area (Å²) in [6.45, 7) is 4.42. The van der Waals surface area contributed by atoms with Crippen LogP contribution in [0.4, 0.5) is 0 Å². The highest BCUT2D eigenvalue weighted by molar-refractivity contribution is 7.71. The largest absolute Gasteiger partial charge is 0.343 e. The van der Waals surface area contributed by atoms with Gasteiger partial charge in [-0.2, -0.15) is 5.10 Å². The van der Waals surface area contributed by atoms with Crippen molar-refractivity contribution in [2.75, 3.05) is 0 Å². The maximum Gasteiger partial charge on any atom is 0.130 e. The minimum atomic E-state index is 0.631. The number of aromatic nitrogens is 4. The van der Waals surface area contributed by atoms with Crippen molar-refractivity contribution in [2.24, 2.45) is 13.0 Å². The molecule has 0 saturated carbocycles. The predicted molar refractivity (Wildman–Crippen MR) is 74.8 cm³/mol. The molecule has 2 rings (SSSR count). The molecule has 0 atom stereocenters. The Morgan fingerprint density at radius 1 is 1.44 bits per heavy atom. The lowest BCUT2D eigenvalue weighted by Gasteiger charge is -2.06. The van der Waals surface area contributed by atoms with Crippen LogP contribution in [0.2, 0.25) is 0 Å². The van der Waals surface area contributed by atoms with Gasteiger partial charge in [-0.25, -0.2) is 4.98 Å². The molecule has 5 heteroatoms. The lowest BCUT2D eigenvalue weighted by atomic mass is 10.1. The molecule has 0 aliphatic rings. The molecule has 0 spiro atoms. The van der Waals surface area contributed by atoms with Crippen molar-refractivity contribution in [1.82, 2.24) is 19.7 Å². The van der Waals surface area contributed by atoms with E-state index in [2.05, 4.69) is 28.9 Å². The fraction of sp³-hybridized carbons (Fsp3) is 0.462. The number of hydrogen-bond acceptors (Lipinski definition) is 3. The molecule has 0 aromatic carbocycles. The van der Waals surface area contributed by atoms with E-state index < -0.39 is 0 Å². The Kier molecular flexibility index (Phi) is 3.91. The van der Waals surface area contributed by atoms with Gasteiger partial charge < -0.3 is 4.98 Å². The van der Waals surface area contributed by atoms with Crippen molar-refractivity contribution in [3.63, 3.8) is 0 Å². The predicted octanol–water partition coefficient (Wildman–Crippen LogP) is 3.13. The average Bonchev–Trinajstić information content (AvgIpc) is 2.72. The Hall–Kier alpha value is -1.49. The van der Waals surface area contributed by atoms with Gasteiger partial charge in [0.15, 0.2) is 0 Å². The highest BCUT2D eigenvalue weighted by Crippen LogP contribution is 2.16. The smallest absolute Gasteiger partial charge is 0.130 e. The number of hydrogen-bond donors (Lipinski definition) is 1. The third-order valence-electron chi connectivity index (χ3n) is 2.77. The highest BCUT2D eigenvalue weighted by atomic mass is 32.1. The molecule has 4 nitrogen and oxygen atoms in total. The molecule has 0 radical (unpaired) electrons. The van der Waals surface area contributed by atoms with E-state index >= 15 is 0 Å². The third kappa shape index (κ3) is 3.26. The molecule has 0 unspecified atom stereocenters. The average molecular weight is 262 g/mol. The van der Waals surface area contributed by atoms with Crippen LogP contribution in [0, 0.1) is 10.6 Å². The molecule has 2 aromatic heterocycles. The summed E-state index contributed by atoms with van der Waals surface area (Å²) < 4.78 is 2.41. The van der Waals surface area contributed by atoms with E-state index in [9.17, 15) is 0 Å². The summed E-state index contributed by atoms with van der Waals surface area (Å²) in [5, 5.41) is 4.17. The van der Waals surface area contributed by atoms with Crippen molar-refractivity contribution < 1.29 is 0 Å². The van der Waals surface area contributed by atoms with Gasteiger partial charge in [0.1, 0.15) is 10.5 Å². The summed E-state index contributed by atoms with van der Waals surface area (Å²) in [4.78, 5) is 7.71. The number of aromatic amines is 1. The van der Waals surface area contributed by atoms with Crippen LogP contribution in [0.25, 0.3) is 11.3 Å². The summed E-state index contributed by atoms with van der Waals surface area (Å²) in [6, 6.07) is 1.88. The molecule has 1 N–H and O–H groups in total. The monoisotopic (exact) mass is 262 g/mol. The lowest BCUT2D eigenvalue weighted by Crippen LogP contribution is -2.00. The number of H-pyrrole nitrogens is 1. The first-order valence-corrected chi connectivity index (χ1v) is 6.54. The Morgan fingerprint density at radius 3 is 2.83 bits per heavy atom. The fourth-order valence-corrected chi connectivity index (χ4v) is 2.00. The Bertz CT molecular complexity index is 583. The summed E-state index contributed by atoms with van der Waals surface area (Å²) >= 11 is 5.22. The van der Waals surface area contributed by atoms with Crippen LogP contribution in [0.3, 0.4) is 0 Å². The van der Waals surface area contributed by atoms with Crippen LogP contribution < -0.4 is 0 Å². The van der Waals surface area contributed by atoms with Crippen molar-refractivity contribution >= 4 is 12.2 Å². The topological polar surface area (TPSA) is 46.5 Å². The second-order valence-electron chi connectivity index (χ2n) is 4.91. The van der Waals surface area contributed by atoms with Gasteiger partial charge in [-0.3, -0.25) is 4.68 Å². The minimum absolute atomic E-state index is 0.631. The highest BCUT2D eigenvalue weighted by Gasteiger charge is 2.05. The maximum atomic E-state index is 5.22. The summed E-state index contributed by atoms with van der Waals surface area (Å²) in [6.07, 6.45) is 5.82. The standard InChI is InChI=1S/C13H18N4S/c1-9(2)4-5-12-15-11(6-13(18)16-12)10-7-14-17(3)8-10/h6-9H,4-5H2,1-3H3,(H,15,16,18). The Morgan fingerprint density at radius 2 is 2.22 bits per heavy atom. The second kappa shape index (κ2) is 5.44. The molecule has 0 amide bonds. The van der Waals surface area contributed by atoms with Gasteiger partial charge in [-0.15, -0.1) is 0 Å². The van der Waals surface area contributed by atoms with Crippen LogP contribution in [-0.2, 0) is 13.5 Å². The van der Waals surface area contributed by atoms with Gasteiger partial charge >= 0.3 is 0 Å². The van der Waals surface area contributed by atoms with Crippen LogP contribution in [0.5, 0.6) is 0 Å². The van der Waals surface area contributed by atoms with Gasteiger partial charge in [0.2, 0.25) is 0 Å². The zero-order valence-electron chi connectivity index (χ0n) is 11.0. The van der Waals surface area contributed by atoms with Crippen molar-refractivity contribution in [1.29, 1.82) is 0 Å². The van der Waals surface area contributed by atoms with Crippen LogP contribution >= 0.6 is 12.2 Å². The minimum Gasteiger partial charge on any atom is -0.343 e. The van der Waals surface area contributed by atoms with Crippen LogP contribution in [-0.4, -0.2) is 19.7 Å². The number of nitrogens with one attached hydrogen (secondary N) is 1. The zero-order valence-corrected chi connectivity index (χ0v) is 11.8. The van der Waals surface area contributed by atoms with E-state index in [1.807, 2.05) is 25.5 Å². The van der Waals surface area contributed by atoms with E-state index in [1.54, 1.807) is 4.68 Å². The molecule has 0 bridgehead atoms. The first kappa shape index (κ1) is 13.0. The number of rotatable bonds is 4. The van der Waals surface area contributed by atoms with Gasteiger partial charge in [0.25, 0.3) is 0 Å². The van der Waals surface area contributed by atoms with E-state index in [4.69, 9.17) is 12.2 Å². The molecule has 2 heterocycles. The van der Waals surface area contributed by atoms with Crippen molar-refractivity contribution in [3.8, 4) is 11.3 Å². The summed E-state index contributed by atoms with van der Waals surface area (Å²) in [5.74, 6) is 1.62. The Balaban J connectivity index is 2.29. The second-order valence-corrected chi connectivity index (χ2v) is 5.33. The number of aryl methyl sites for hydroxylation is 2. The summed E-state index contributed by atoms with van der Waals surface area (Å²) in [5.41, 5.74) is 2.03. The van der Waals surface area contributed by atoms with Gasteiger partial charge in [0, 0.05) is 25.2 Å². The molecule has 2 aromatic rings. The molecule has 96 valence electrons. The molecule has 0 aliphatic heterocycles. The lowest BCUT2D eigenvalue weighted by molar-refractivity contribution is 0.574. The third-order valence-corrected chi connectivity index (χ3v) is 2.98. The van der Waals surface area contributed by atoms with E-state index in [1.165, 1.54) is 0 Å². The fourth-order valence-electron chi connectivity index (χ4n) is 1.77. The molecule has 0 aliphatic carbocycles. The first-order valence-electron chi connectivity index (χ1n) is 6.14. The van der Waals surface area contributed by atoms with Crippen molar-refractivity contribution in [3.05, 3.63) is 28.9 Å². The van der Waals surface area contributed by atoms with Gasteiger partial charge in [-0.1, -0.05) is 26.1 Å². The summed E-state index contributed by atoms with van der Waals surface area (Å²) in [7, 11) is 1.90. The first-order chi connectivity index (χ1) is 8.54. The van der Waals surface area contributed by atoms with Crippen LogP contribution in [0.1, 0.15) is 26.1 Å². The van der Waals surface area contributed by atoms with Gasteiger partial charge in [-0.05, 0) is 18.4 Å². The van der Waals surface area contributed by atoms with E-state index in [0.29, 0.717) is 10.6 Å². The molecule has 0 saturated heterocycles. The molecular weight excluding hydrogens is 244 g/mol. The van der Waals surface area contributed by atoms with Gasteiger partial charge in [0.05, 0.1) is 11.9 Å². The molecular formula is C13H18N4S. The molecule has 18 heavy (non-hydrogen) atoms. The van der Waals surface area contributed by atoms with Crippen LogP contribution in [0.15, 0.2) is 18.5 Å². The zero-order chi connectivity index (χ0) is 13.1. The number of nitrogens with zero attached hydrogens (tertiary/aromatic N) is 3. The van der Waals surface area contributed by atoms with E-state index in [0.717, 1.165) is 29.9 Å². The van der Waals surface area contributed by atoms with E-state index in [-0.39, 0.29) is 0 Å². The SMILES string of the molecule is CC(C)CCc1nc(=S)cc(-c2cnn(C)c2)[nH]1. The Labute approximate surface area is 112 Å². The quantitative estimate of drug-likeness (QED) is 0.861. The normalized spacial score (nSPS) is 11.1.